The number of hydrogen-bond donors (Lipinski definition) is 2. The number of rotatable bonds is 8. The maximum atomic E-state index is 11.3. The zero-order chi connectivity index (χ0) is 21.1. The van der Waals surface area contributed by atoms with Gasteiger partial charge in [0, 0.05) is 25.9 Å². The number of anilines is 3. The SMILES string of the molecule is CCOCCn1ncc2nc(N3CC[C@H](C(=O)O)C3)nc(Nc3ccc(C)cn3)c21. The van der Waals surface area contributed by atoms with Gasteiger partial charge >= 0.3 is 5.97 Å². The van der Waals surface area contributed by atoms with Crippen molar-refractivity contribution in [2.45, 2.75) is 26.8 Å². The molecule has 4 heterocycles. The van der Waals surface area contributed by atoms with Crippen LogP contribution in [0.2, 0.25) is 0 Å². The van der Waals surface area contributed by atoms with Gasteiger partial charge in [0.05, 0.1) is 25.3 Å². The summed E-state index contributed by atoms with van der Waals surface area (Å²) in [6.45, 7) is 6.66. The molecule has 1 atom stereocenters. The van der Waals surface area contributed by atoms with Gasteiger partial charge in [-0.3, -0.25) is 9.48 Å². The number of carbonyl (C=O) groups is 1. The lowest BCUT2D eigenvalue weighted by Gasteiger charge is -2.17. The summed E-state index contributed by atoms with van der Waals surface area (Å²) < 4.78 is 7.28. The first-order chi connectivity index (χ1) is 14.5. The number of carboxylic acid groups (broad SMARTS) is 1. The van der Waals surface area contributed by atoms with Crippen molar-refractivity contribution in [3.05, 3.63) is 30.1 Å². The Balaban J connectivity index is 1.70. The Kier molecular flexibility index (Phi) is 5.75. The van der Waals surface area contributed by atoms with Gasteiger partial charge in [-0.15, -0.1) is 0 Å². The molecule has 0 radical (unpaired) electrons. The third-order valence-corrected chi connectivity index (χ3v) is 5.11. The molecular weight excluding hydrogens is 386 g/mol. The van der Waals surface area contributed by atoms with Crippen LogP contribution < -0.4 is 10.2 Å². The van der Waals surface area contributed by atoms with E-state index in [1.165, 1.54) is 0 Å². The van der Waals surface area contributed by atoms with Gasteiger partial charge in [0.2, 0.25) is 5.95 Å². The van der Waals surface area contributed by atoms with Crippen LogP contribution in [0.5, 0.6) is 0 Å². The highest BCUT2D eigenvalue weighted by atomic mass is 16.5. The number of pyridine rings is 1. The standard InChI is InChI=1S/C20H25N7O3/c1-3-30-9-8-27-17-15(11-22-27)23-20(26-7-6-14(12-26)19(28)29)25-18(17)24-16-5-4-13(2)10-21-16/h4-5,10-11,14H,3,6-9,12H2,1-2H3,(H,28,29)(H,21,23,24,25)/t14-/m0/s1. The molecule has 158 valence electrons. The number of aryl methyl sites for hydroxylation is 1. The average Bonchev–Trinajstić information content (AvgIpc) is 3.38. The molecule has 10 nitrogen and oxygen atoms in total. The minimum atomic E-state index is -0.787. The van der Waals surface area contributed by atoms with Crippen LogP contribution >= 0.6 is 0 Å². The summed E-state index contributed by atoms with van der Waals surface area (Å²) >= 11 is 0. The lowest BCUT2D eigenvalue weighted by Crippen LogP contribution is -2.24. The Morgan fingerprint density at radius 3 is 2.90 bits per heavy atom. The molecule has 0 spiro atoms. The number of hydrogen-bond acceptors (Lipinski definition) is 8. The fourth-order valence-electron chi connectivity index (χ4n) is 3.49. The summed E-state index contributed by atoms with van der Waals surface area (Å²) in [5, 5.41) is 17.1. The van der Waals surface area contributed by atoms with Crippen molar-refractivity contribution in [1.29, 1.82) is 0 Å². The van der Waals surface area contributed by atoms with E-state index in [4.69, 9.17) is 9.72 Å². The first-order valence-corrected chi connectivity index (χ1v) is 10.0. The summed E-state index contributed by atoms with van der Waals surface area (Å²) in [6.07, 6.45) is 4.06. The predicted octanol–water partition coefficient (Wildman–Crippen LogP) is 2.22. The van der Waals surface area contributed by atoms with E-state index in [0.717, 1.165) is 11.1 Å². The van der Waals surface area contributed by atoms with Crippen LogP contribution in [0.4, 0.5) is 17.6 Å². The fraction of sp³-hybridized carbons (Fsp3) is 0.450. The smallest absolute Gasteiger partial charge is 0.308 e. The topological polar surface area (TPSA) is 118 Å². The molecule has 1 fully saturated rings. The Hall–Kier alpha value is -3.27. The molecule has 2 N–H and O–H groups in total. The Labute approximate surface area is 173 Å². The maximum Gasteiger partial charge on any atom is 0.308 e. The molecule has 0 bridgehead atoms. The van der Waals surface area contributed by atoms with Crippen LogP contribution in [0.3, 0.4) is 0 Å². The third-order valence-electron chi connectivity index (χ3n) is 5.11. The molecule has 1 saturated heterocycles. The number of fused-ring (bicyclic) bond motifs is 1. The fourth-order valence-corrected chi connectivity index (χ4v) is 3.49. The van der Waals surface area contributed by atoms with Gasteiger partial charge in [0.1, 0.15) is 16.9 Å². The van der Waals surface area contributed by atoms with Crippen LogP contribution in [0.25, 0.3) is 11.0 Å². The summed E-state index contributed by atoms with van der Waals surface area (Å²) in [7, 11) is 0. The van der Waals surface area contributed by atoms with Crippen LogP contribution in [-0.2, 0) is 16.1 Å². The van der Waals surface area contributed by atoms with Crippen molar-refractivity contribution in [2.75, 3.05) is 36.5 Å². The highest BCUT2D eigenvalue weighted by molar-refractivity contribution is 5.88. The molecule has 0 aliphatic carbocycles. The lowest BCUT2D eigenvalue weighted by molar-refractivity contribution is -0.140. The van der Waals surface area contributed by atoms with E-state index in [9.17, 15) is 9.90 Å². The second kappa shape index (κ2) is 8.62. The van der Waals surface area contributed by atoms with Crippen LogP contribution in [-0.4, -0.2) is 62.1 Å². The summed E-state index contributed by atoms with van der Waals surface area (Å²) in [4.78, 5) is 27.0. The molecule has 3 aromatic heterocycles. The second-order valence-corrected chi connectivity index (χ2v) is 7.29. The van der Waals surface area contributed by atoms with Gasteiger partial charge in [-0.05, 0) is 31.9 Å². The first-order valence-electron chi connectivity index (χ1n) is 10.0. The Bertz CT molecular complexity index is 1030. The quantitative estimate of drug-likeness (QED) is 0.538. The van der Waals surface area contributed by atoms with E-state index >= 15 is 0 Å². The van der Waals surface area contributed by atoms with Gasteiger partial charge in [0.25, 0.3) is 0 Å². The van der Waals surface area contributed by atoms with Crippen LogP contribution in [0, 0.1) is 12.8 Å². The van der Waals surface area contributed by atoms with Crippen molar-refractivity contribution < 1.29 is 14.6 Å². The minimum absolute atomic E-state index is 0.390. The predicted molar refractivity (Wildman–Crippen MR) is 112 cm³/mol. The molecule has 0 aromatic carbocycles. The van der Waals surface area contributed by atoms with Crippen molar-refractivity contribution in [2.24, 2.45) is 5.92 Å². The number of carboxylic acids is 1. The highest BCUT2D eigenvalue weighted by Gasteiger charge is 2.30. The number of nitrogens with one attached hydrogen (secondary N) is 1. The lowest BCUT2D eigenvalue weighted by atomic mass is 10.1. The van der Waals surface area contributed by atoms with Gasteiger partial charge in [0.15, 0.2) is 5.82 Å². The van der Waals surface area contributed by atoms with E-state index < -0.39 is 11.9 Å². The summed E-state index contributed by atoms with van der Waals surface area (Å²) in [5.74, 6) is 0.538. The molecule has 1 aliphatic heterocycles. The Morgan fingerprint density at radius 1 is 1.33 bits per heavy atom. The summed E-state index contributed by atoms with van der Waals surface area (Å²) in [5.41, 5.74) is 2.51. The minimum Gasteiger partial charge on any atom is -0.481 e. The van der Waals surface area contributed by atoms with Gasteiger partial charge in [-0.2, -0.15) is 10.1 Å². The van der Waals surface area contributed by atoms with Crippen LogP contribution in [0.1, 0.15) is 18.9 Å². The highest BCUT2D eigenvalue weighted by Crippen LogP contribution is 2.28. The molecule has 10 heteroatoms. The van der Waals surface area contributed by atoms with E-state index in [1.54, 1.807) is 12.4 Å². The van der Waals surface area contributed by atoms with E-state index in [0.29, 0.717) is 62.4 Å². The molecule has 0 amide bonds. The first kappa shape index (κ1) is 20.0. The monoisotopic (exact) mass is 411 g/mol. The van der Waals surface area contributed by atoms with Crippen LogP contribution in [0.15, 0.2) is 24.5 Å². The van der Waals surface area contributed by atoms with Crippen molar-refractivity contribution in [3.8, 4) is 0 Å². The zero-order valence-electron chi connectivity index (χ0n) is 17.1. The van der Waals surface area contributed by atoms with Gasteiger partial charge in [-0.1, -0.05) is 6.07 Å². The third kappa shape index (κ3) is 4.18. The largest absolute Gasteiger partial charge is 0.481 e. The average molecular weight is 411 g/mol. The Morgan fingerprint density at radius 2 is 2.20 bits per heavy atom. The maximum absolute atomic E-state index is 11.3. The number of aromatic nitrogens is 5. The number of nitrogens with zero attached hydrogens (tertiary/aromatic N) is 6. The number of aliphatic carboxylic acids is 1. The van der Waals surface area contributed by atoms with Gasteiger partial charge in [-0.25, -0.2) is 9.97 Å². The summed E-state index contributed by atoms with van der Waals surface area (Å²) in [6, 6.07) is 3.86. The molecule has 30 heavy (non-hydrogen) atoms. The molecule has 0 unspecified atom stereocenters. The van der Waals surface area contributed by atoms with E-state index in [1.807, 2.05) is 35.6 Å². The van der Waals surface area contributed by atoms with E-state index in [-0.39, 0.29) is 0 Å². The van der Waals surface area contributed by atoms with E-state index in [2.05, 4.69) is 20.4 Å². The van der Waals surface area contributed by atoms with Crippen molar-refractivity contribution in [1.82, 2.24) is 24.7 Å². The molecule has 3 aromatic rings. The van der Waals surface area contributed by atoms with Gasteiger partial charge < -0.3 is 20.1 Å². The normalized spacial score (nSPS) is 16.3. The number of ether oxygens (including phenoxy) is 1. The molecule has 4 rings (SSSR count). The molecule has 1 aliphatic rings. The van der Waals surface area contributed by atoms with Crippen molar-refractivity contribution in [3.63, 3.8) is 0 Å². The molecule has 0 saturated carbocycles. The zero-order valence-corrected chi connectivity index (χ0v) is 17.1. The molecular formula is C20H25N7O3. The second-order valence-electron chi connectivity index (χ2n) is 7.29. The van der Waals surface area contributed by atoms with Crippen molar-refractivity contribution >= 4 is 34.6 Å².